The summed E-state index contributed by atoms with van der Waals surface area (Å²) in [6.07, 6.45) is 0.465. The van der Waals surface area contributed by atoms with Gasteiger partial charge in [0, 0.05) is 20.1 Å². The van der Waals surface area contributed by atoms with Gasteiger partial charge < -0.3 is 10.2 Å². The number of hydrogen-bond acceptors (Lipinski definition) is 4. The van der Waals surface area contributed by atoms with Crippen LogP contribution in [-0.2, 0) is 32.6 Å². The highest BCUT2D eigenvalue weighted by molar-refractivity contribution is 7.89. The minimum absolute atomic E-state index is 0.0306. The minimum Gasteiger partial charge on any atom is -0.347 e. The quantitative estimate of drug-likeness (QED) is 0.723. The summed E-state index contributed by atoms with van der Waals surface area (Å²) in [5.74, 6) is -1.29. The van der Waals surface area contributed by atoms with Gasteiger partial charge in [-0.2, -0.15) is 0 Å². The van der Waals surface area contributed by atoms with Crippen molar-refractivity contribution in [1.29, 1.82) is 0 Å². The molecule has 0 unspecified atom stereocenters. The summed E-state index contributed by atoms with van der Waals surface area (Å²) in [5, 5.41) is 7.61. The highest BCUT2D eigenvalue weighted by atomic mass is 32.2. The number of nitrogens with two attached hydrogens (primary N) is 1. The largest absolute Gasteiger partial charge is 0.347 e. The molecule has 0 heterocycles. The van der Waals surface area contributed by atoms with Gasteiger partial charge in [0.05, 0.1) is 4.90 Å². The van der Waals surface area contributed by atoms with Crippen LogP contribution in [0, 0.1) is 0 Å². The Kier molecular flexibility index (Phi) is 6.48. The number of sulfonamides is 1. The molecule has 3 N–H and O–H groups in total. The number of carbonyl (C=O) groups is 2. The Morgan fingerprint density at radius 1 is 1.00 bits per heavy atom. The van der Waals surface area contributed by atoms with Crippen molar-refractivity contribution in [3.05, 3.63) is 65.7 Å². The molecule has 7 nitrogen and oxygen atoms in total. The maximum absolute atomic E-state index is 12.1. The van der Waals surface area contributed by atoms with Gasteiger partial charge in [-0.1, -0.05) is 42.5 Å². The zero-order chi connectivity index (χ0) is 19.2. The molecule has 2 aromatic rings. The molecule has 0 aliphatic rings. The minimum atomic E-state index is -3.72. The van der Waals surface area contributed by atoms with Gasteiger partial charge in [-0.05, 0) is 29.7 Å². The lowest BCUT2D eigenvalue weighted by Gasteiger charge is -2.16. The first kappa shape index (κ1) is 19.6. The molecule has 2 rings (SSSR count). The van der Waals surface area contributed by atoms with E-state index >= 15 is 0 Å². The first-order chi connectivity index (χ1) is 12.3. The second kappa shape index (κ2) is 8.59. The van der Waals surface area contributed by atoms with Gasteiger partial charge in [0.25, 0.3) is 0 Å². The lowest BCUT2D eigenvalue weighted by Crippen LogP contribution is -2.41. The molecular weight excluding hydrogens is 354 g/mol. The van der Waals surface area contributed by atoms with Gasteiger partial charge >= 0.3 is 11.8 Å². The molecule has 2 aromatic carbocycles. The number of benzene rings is 2. The number of primary sulfonamides is 1. The number of carbonyl (C=O) groups excluding carboxylic acids is 2. The van der Waals surface area contributed by atoms with Crippen molar-refractivity contribution >= 4 is 21.8 Å². The molecule has 0 spiro atoms. The van der Waals surface area contributed by atoms with Crippen LogP contribution in [0.5, 0.6) is 0 Å². The normalized spacial score (nSPS) is 11.0. The van der Waals surface area contributed by atoms with Crippen LogP contribution in [-0.4, -0.2) is 38.7 Å². The molecular formula is C18H21N3O4S. The van der Waals surface area contributed by atoms with E-state index in [1.807, 2.05) is 30.3 Å². The number of nitrogens with zero attached hydrogens (tertiary/aromatic N) is 1. The standard InChI is InChI=1S/C18H21N3O4S/c1-21(13-15-5-3-2-4-6-15)18(23)17(22)20-12-11-14-7-9-16(10-8-14)26(19,24)25/h2-10H,11-13H2,1H3,(H,20,22)(H2,19,24,25). The summed E-state index contributed by atoms with van der Waals surface area (Å²) in [6, 6.07) is 15.4. The third-order valence-corrected chi connectivity index (χ3v) is 4.68. The van der Waals surface area contributed by atoms with Crippen molar-refractivity contribution in [2.24, 2.45) is 5.14 Å². The van der Waals surface area contributed by atoms with Gasteiger partial charge in [0.1, 0.15) is 0 Å². The highest BCUT2D eigenvalue weighted by Crippen LogP contribution is 2.09. The van der Waals surface area contributed by atoms with Crippen LogP contribution < -0.4 is 10.5 Å². The fourth-order valence-corrected chi connectivity index (χ4v) is 2.86. The molecule has 0 aliphatic carbocycles. The third-order valence-electron chi connectivity index (χ3n) is 3.75. The van der Waals surface area contributed by atoms with E-state index in [-0.39, 0.29) is 11.4 Å². The van der Waals surface area contributed by atoms with Gasteiger partial charge in [-0.25, -0.2) is 13.6 Å². The van der Waals surface area contributed by atoms with E-state index < -0.39 is 21.8 Å². The maximum atomic E-state index is 12.1. The van der Waals surface area contributed by atoms with E-state index in [4.69, 9.17) is 5.14 Å². The van der Waals surface area contributed by atoms with Crippen LogP contribution >= 0.6 is 0 Å². The Labute approximate surface area is 152 Å². The molecule has 0 aromatic heterocycles. The first-order valence-corrected chi connectivity index (χ1v) is 9.51. The number of likely N-dealkylation sites (N-methyl/N-ethyl adjacent to an activating group) is 1. The Morgan fingerprint density at radius 2 is 1.62 bits per heavy atom. The molecule has 0 saturated carbocycles. The van der Waals surface area contributed by atoms with Crippen LogP contribution in [0.1, 0.15) is 11.1 Å². The van der Waals surface area contributed by atoms with E-state index in [1.165, 1.54) is 17.0 Å². The molecule has 0 atom stereocenters. The van der Waals surface area contributed by atoms with Crippen molar-refractivity contribution in [2.75, 3.05) is 13.6 Å². The SMILES string of the molecule is CN(Cc1ccccc1)C(=O)C(=O)NCCc1ccc(S(N)(=O)=O)cc1. The average molecular weight is 375 g/mol. The lowest BCUT2D eigenvalue weighted by atomic mass is 10.1. The molecule has 26 heavy (non-hydrogen) atoms. The highest BCUT2D eigenvalue weighted by Gasteiger charge is 2.18. The summed E-state index contributed by atoms with van der Waals surface area (Å²) in [6.45, 7) is 0.612. The number of hydrogen-bond donors (Lipinski definition) is 2. The summed E-state index contributed by atoms with van der Waals surface area (Å²) in [5.41, 5.74) is 1.76. The lowest BCUT2D eigenvalue weighted by molar-refractivity contribution is -0.145. The molecule has 0 saturated heterocycles. The molecule has 0 bridgehead atoms. The van der Waals surface area contributed by atoms with Crippen molar-refractivity contribution < 1.29 is 18.0 Å². The second-order valence-corrected chi connectivity index (χ2v) is 7.40. The fourth-order valence-electron chi connectivity index (χ4n) is 2.34. The van der Waals surface area contributed by atoms with Gasteiger partial charge in [-0.3, -0.25) is 9.59 Å². The number of amides is 2. The van der Waals surface area contributed by atoms with E-state index in [0.717, 1.165) is 11.1 Å². The van der Waals surface area contributed by atoms with Crippen LogP contribution in [0.3, 0.4) is 0 Å². The molecule has 0 fully saturated rings. The van der Waals surface area contributed by atoms with E-state index in [9.17, 15) is 18.0 Å². The van der Waals surface area contributed by atoms with Crippen molar-refractivity contribution in [1.82, 2.24) is 10.2 Å². The van der Waals surface area contributed by atoms with Crippen molar-refractivity contribution in [3.8, 4) is 0 Å². The molecule has 8 heteroatoms. The van der Waals surface area contributed by atoms with E-state index in [1.54, 1.807) is 19.2 Å². The van der Waals surface area contributed by atoms with Crippen molar-refractivity contribution in [2.45, 2.75) is 17.9 Å². The van der Waals surface area contributed by atoms with Crippen molar-refractivity contribution in [3.63, 3.8) is 0 Å². The van der Waals surface area contributed by atoms with E-state index in [0.29, 0.717) is 13.0 Å². The topological polar surface area (TPSA) is 110 Å². The van der Waals surface area contributed by atoms with Crippen LogP contribution in [0.15, 0.2) is 59.5 Å². The Hall–Kier alpha value is -2.71. The molecule has 0 aliphatic heterocycles. The average Bonchev–Trinajstić information content (AvgIpc) is 2.61. The van der Waals surface area contributed by atoms with E-state index in [2.05, 4.69) is 5.32 Å². The summed E-state index contributed by atoms with van der Waals surface area (Å²) < 4.78 is 22.4. The zero-order valence-corrected chi connectivity index (χ0v) is 15.2. The summed E-state index contributed by atoms with van der Waals surface area (Å²) >= 11 is 0. The number of nitrogens with one attached hydrogen (secondary N) is 1. The maximum Gasteiger partial charge on any atom is 0.311 e. The monoisotopic (exact) mass is 375 g/mol. The first-order valence-electron chi connectivity index (χ1n) is 7.96. The Bertz CT molecular complexity index is 865. The third kappa shape index (κ3) is 5.68. The Balaban J connectivity index is 1.81. The second-order valence-electron chi connectivity index (χ2n) is 5.84. The molecule has 2 amide bonds. The predicted octanol–water partition coefficient (Wildman–Crippen LogP) is 0.651. The molecule has 138 valence electrons. The van der Waals surface area contributed by atoms with Crippen LogP contribution in [0.2, 0.25) is 0 Å². The summed E-state index contributed by atoms with van der Waals surface area (Å²) in [4.78, 5) is 25.4. The Morgan fingerprint density at radius 3 is 2.19 bits per heavy atom. The smallest absolute Gasteiger partial charge is 0.311 e. The van der Waals surface area contributed by atoms with Crippen LogP contribution in [0.4, 0.5) is 0 Å². The molecule has 0 radical (unpaired) electrons. The predicted molar refractivity (Wildman–Crippen MR) is 97.4 cm³/mol. The zero-order valence-electron chi connectivity index (χ0n) is 14.4. The number of rotatable bonds is 6. The summed E-state index contributed by atoms with van der Waals surface area (Å²) in [7, 11) is -2.15. The fraction of sp³-hybridized carbons (Fsp3) is 0.222. The van der Waals surface area contributed by atoms with Gasteiger partial charge in [0.15, 0.2) is 0 Å². The van der Waals surface area contributed by atoms with Gasteiger partial charge in [-0.15, -0.1) is 0 Å². The van der Waals surface area contributed by atoms with Gasteiger partial charge in [0.2, 0.25) is 10.0 Å². The van der Waals surface area contributed by atoms with Crippen LogP contribution in [0.25, 0.3) is 0 Å².